The summed E-state index contributed by atoms with van der Waals surface area (Å²) in [4.78, 5) is 16.7. The van der Waals surface area contributed by atoms with E-state index in [1.807, 2.05) is 31.2 Å². The van der Waals surface area contributed by atoms with Crippen LogP contribution in [0.1, 0.15) is 34.7 Å². The van der Waals surface area contributed by atoms with Crippen LogP contribution in [0.3, 0.4) is 0 Å². The second kappa shape index (κ2) is 11.8. The summed E-state index contributed by atoms with van der Waals surface area (Å²) in [5.74, 6) is 0.306. The van der Waals surface area contributed by atoms with Gasteiger partial charge in [-0.05, 0) is 59.4 Å². The van der Waals surface area contributed by atoms with Gasteiger partial charge in [-0.25, -0.2) is 0 Å². The number of pyridine rings is 1. The lowest BCUT2D eigenvalue weighted by atomic mass is 9.90. The van der Waals surface area contributed by atoms with E-state index in [4.69, 9.17) is 16.3 Å². The Hall–Kier alpha value is -2.73. The van der Waals surface area contributed by atoms with Crippen LogP contribution in [-0.2, 0) is 22.7 Å². The maximum absolute atomic E-state index is 10.9. The van der Waals surface area contributed by atoms with E-state index in [-0.39, 0.29) is 6.61 Å². The Morgan fingerprint density at radius 3 is 2.62 bits per heavy atom. The number of aliphatic hydroxyl groups is 1. The third-order valence-corrected chi connectivity index (χ3v) is 5.85. The number of benzene rings is 2. The molecule has 0 aliphatic carbocycles. The van der Waals surface area contributed by atoms with E-state index in [1.165, 1.54) is 0 Å². The molecule has 4 rings (SSSR count). The number of amides is 1. The van der Waals surface area contributed by atoms with Crippen molar-refractivity contribution in [3.8, 4) is 11.1 Å². The average molecular weight is 453 g/mol. The summed E-state index contributed by atoms with van der Waals surface area (Å²) in [6, 6.07) is 18.1. The smallest absolute Gasteiger partial charge is 0.209 e. The molecule has 0 radical (unpaired) electrons. The molecule has 1 atom stereocenters. The van der Waals surface area contributed by atoms with Crippen molar-refractivity contribution in [2.75, 3.05) is 20.2 Å². The zero-order chi connectivity index (χ0) is 22.9. The zero-order valence-electron chi connectivity index (χ0n) is 18.5. The molecular weight excluding hydrogens is 424 g/mol. The Kier molecular flexibility index (Phi) is 8.80. The first-order chi connectivity index (χ1) is 15.5. The number of nitrogens with zero attached hydrogens (tertiary/aromatic N) is 2. The Balaban J connectivity index is 0.000000305. The second-order valence-corrected chi connectivity index (χ2v) is 8.30. The predicted octanol–water partition coefficient (Wildman–Crippen LogP) is 4.98. The first kappa shape index (κ1) is 23.9. The number of aryl methyl sites for hydroxylation is 1. The minimum absolute atomic E-state index is 0.00715. The highest BCUT2D eigenvalue weighted by atomic mass is 35.5. The van der Waals surface area contributed by atoms with Crippen molar-refractivity contribution >= 4 is 18.0 Å². The number of halogens is 1. The topological polar surface area (TPSA) is 62.7 Å². The number of rotatable bonds is 6. The van der Waals surface area contributed by atoms with Gasteiger partial charge in [0.25, 0.3) is 0 Å². The average Bonchev–Trinajstić information content (AvgIpc) is 3.31. The third kappa shape index (κ3) is 6.16. The molecule has 2 aromatic carbocycles. The normalized spacial score (nSPS) is 15.2. The minimum Gasteiger partial charge on any atom is -0.392 e. The van der Waals surface area contributed by atoms with Gasteiger partial charge in [0.05, 0.1) is 18.2 Å². The van der Waals surface area contributed by atoms with Crippen LogP contribution in [-0.4, -0.2) is 41.6 Å². The van der Waals surface area contributed by atoms with Gasteiger partial charge >= 0.3 is 0 Å². The summed E-state index contributed by atoms with van der Waals surface area (Å²) in [6.45, 7) is 4.01. The summed E-state index contributed by atoms with van der Waals surface area (Å²) in [7, 11) is 1.69. The highest BCUT2D eigenvalue weighted by Gasteiger charge is 2.24. The number of carbonyl (C=O) groups is 1. The molecular formula is C26H29ClN2O3. The molecule has 5 nitrogen and oxygen atoms in total. The van der Waals surface area contributed by atoms with Gasteiger partial charge in [0, 0.05) is 38.0 Å². The number of hydrogen-bond acceptors (Lipinski definition) is 4. The van der Waals surface area contributed by atoms with Crippen LogP contribution in [0.2, 0.25) is 5.02 Å². The van der Waals surface area contributed by atoms with Crippen LogP contribution in [0.5, 0.6) is 0 Å². The van der Waals surface area contributed by atoms with Crippen molar-refractivity contribution in [3.05, 3.63) is 88.2 Å². The van der Waals surface area contributed by atoms with Gasteiger partial charge in [0.1, 0.15) is 0 Å². The fourth-order valence-electron chi connectivity index (χ4n) is 3.98. The summed E-state index contributed by atoms with van der Waals surface area (Å²) >= 11 is 5.55. The fraction of sp³-hybridized carbons (Fsp3) is 0.308. The fourth-order valence-corrected chi connectivity index (χ4v) is 4.09. The van der Waals surface area contributed by atoms with Crippen molar-refractivity contribution in [2.45, 2.75) is 32.5 Å². The molecule has 1 aliphatic rings. The number of hydrogen-bond donors (Lipinski definition) is 1. The summed E-state index contributed by atoms with van der Waals surface area (Å²) in [6.07, 6.45) is 3.50. The Morgan fingerprint density at radius 2 is 2.00 bits per heavy atom. The predicted molar refractivity (Wildman–Crippen MR) is 127 cm³/mol. The van der Waals surface area contributed by atoms with Gasteiger partial charge in [0.2, 0.25) is 6.41 Å². The Morgan fingerprint density at radius 1 is 1.19 bits per heavy atom. The Bertz CT molecular complexity index is 1000. The van der Waals surface area contributed by atoms with Crippen molar-refractivity contribution in [1.82, 2.24) is 9.88 Å². The third-order valence-electron chi connectivity index (χ3n) is 5.63. The van der Waals surface area contributed by atoms with Gasteiger partial charge < -0.3 is 14.7 Å². The van der Waals surface area contributed by atoms with E-state index >= 15 is 0 Å². The van der Waals surface area contributed by atoms with Gasteiger partial charge in [-0.3, -0.25) is 9.78 Å². The standard InChI is InChI=1S/C20H23NO3.C6H6ClN/c1-24-13-17-4-2-3-5-19(17)15-6-7-20(18(10-15)12-22)16-8-9-21(11-16)14-23;1-5-2-3-6(7)4-8-5/h2-7,10,14,16,22H,8-9,11-13H2,1H3;2-4H,1H3. The molecule has 0 bridgehead atoms. The molecule has 1 fully saturated rings. The largest absolute Gasteiger partial charge is 0.392 e. The molecule has 2 heterocycles. The van der Waals surface area contributed by atoms with E-state index in [0.29, 0.717) is 17.5 Å². The molecule has 32 heavy (non-hydrogen) atoms. The van der Waals surface area contributed by atoms with E-state index in [2.05, 4.69) is 35.3 Å². The lowest BCUT2D eigenvalue weighted by molar-refractivity contribution is -0.117. The SMILES string of the molecule is COCc1ccccc1-c1ccc(C2CCN(C=O)C2)c(CO)c1.Cc1ccc(Cl)cn1. The van der Waals surface area contributed by atoms with E-state index in [0.717, 1.165) is 59.4 Å². The van der Waals surface area contributed by atoms with Crippen molar-refractivity contribution in [1.29, 1.82) is 0 Å². The molecule has 6 heteroatoms. The highest BCUT2D eigenvalue weighted by Crippen LogP contribution is 2.33. The summed E-state index contributed by atoms with van der Waals surface area (Å²) in [5, 5.41) is 10.5. The van der Waals surface area contributed by atoms with Crippen LogP contribution < -0.4 is 0 Å². The number of carbonyl (C=O) groups excluding carboxylic acids is 1. The summed E-state index contributed by atoms with van der Waals surface area (Å²) < 4.78 is 5.29. The zero-order valence-corrected chi connectivity index (χ0v) is 19.3. The molecule has 168 valence electrons. The summed E-state index contributed by atoms with van der Waals surface area (Å²) in [5.41, 5.74) is 6.42. The van der Waals surface area contributed by atoms with Crippen molar-refractivity contribution < 1.29 is 14.6 Å². The molecule has 1 saturated heterocycles. The number of aliphatic hydroxyl groups excluding tert-OH is 1. The first-order valence-electron chi connectivity index (χ1n) is 10.6. The number of ether oxygens (including phenoxy) is 1. The van der Waals surface area contributed by atoms with Crippen LogP contribution in [0, 0.1) is 6.92 Å². The monoisotopic (exact) mass is 452 g/mol. The van der Waals surface area contributed by atoms with Gasteiger partial charge in [-0.15, -0.1) is 0 Å². The maximum Gasteiger partial charge on any atom is 0.209 e. The van der Waals surface area contributed by atoms with E-state index < -0.39 is 0 Å². The lowest BCUT2D eigenvalue weighted by Crippen LogP contribution is -2.17. The number of methoxy groups -OCH3 is 1. The Labute approximate surface area is 194 Å². The molecule has 3 aromatic rings. The first-order valence-corrected chi connectivity index (χ1v) is 11.0. The van der Waals surface area contributed by atoms with E-state index in [9.17, 15) is 9.90 Å². The molecule has 1 N–H and O–H groups in total. The van der Waals surface area contributed by atoms with Crippen molar-refractivity contribution in [3.63, 3.8) is 0 Å². The number of aromatic nitrogens is 1. The highest BCUT2D eigenvalue weighted by molar-refractivity contribution is 6.30. The van der Waals surface area contributed by atoms with Gasteiger partial charge in [-0.1, -0.05) is 48.0 Å². The van der Waals surface area contributed by atoms with Crippen LogP contribution >= 0.6 is 11.6 Å². The second-order valence-electron chi connectivity index (χ2n) is 7.87. The lowest BCUT2D eigenvalue weighted by Gasteiger charge is -2.17. The van der Waals surface area contributed by atoms with E-state index in [1.54, 1.807) is 18.2 Å². The van der Waals surface area contributed by atoms with Crippen LogP contribution in [0.4, 0.5) is 0 Å². The van der Waals surface area contributed by atoms with Crippen molar-refractivity contribution in [2.24, 2.45) is 0 Å². The van der Waals surface area contributed by atoms with Crippen LogP contribution in [0.25, 0.3) is 11.1 Å². The molecule has 1 unspecified atom stereocenters. The molecule has 0 spiro atoms. The molecule has 0 saturated carbocycles. The van der Waals surface area contributed by atoms with Gasteiger partial charge in [-0.2, -0.15) is 0 Å². The minimum atomic E-state index is 0.00715. The molecule has 1 aliphatic heterocycles. The quantitative estimate of drug-likeness (QED) is 0.535. The van der Waals surface area contributed by atoms with Gasteiger partial charge in [0.15, 0.2) is 0 Å². The van der Waals surface area contributed by atoms with Crippen LogP contribution in [0.15, 0.2) is 60.8 Å². The number of likely N-dealkylation sites (tertiary alicyclic amines) is 1. The molecule has 1 amide bonds. The maximum atomic E-state index is 10.9. The molecule has 1 aromatic heterocycles.